The fourth-order valence-electron chi connectivity index (χ4n) is 2.79. The second-order valence-electron chi connectivity index (χ2n) is 5.35. The minimum atomic E-state index is -0.0420. The molecule has 3 nitrogen and oxygen atoms in total. The van der Waals surface area contributed by atoms with Crippen molar-refractivity contribution in [3.8, 4) is 11.5 Å². The molecule has 1 aromatic carbocycles. The predicted molar refractivity (Wildman–Crippen MR) is 72.6 cm³/mol. The normalized spacial score (nSPS) is 18.7. The number of hydrogen-bond donors (Lipinski definition) is 3. The van der Waals surface area contributed by atoms with Gasteiger partial charge in [0.1, 0.15) is 0 Å². The number of nitrogens with one attached hydrogen (secondary N) is 1. The molecule has 0 aliphatic heterocycles. The van der Waals surface area contributed by atoms with Crippen molar-refractivity contribution in [1.82, 2.24) is 5.32 Å². The molecule has 0 amide bonds. The molecular formula is C15H23NO2. The highest BCUT2D eigenvalue weighted by Crippen LogP contribution is 2.29. The maximum Gasteiger partial charge on any atom is 0.161 e. The van der Waals surface area contributed by atoms with Crippen LogP contribution in [0.1, 0.15) is 44.6 Å². The minimum absolute atomic E-state index is 0.000782. The summed E-state index contributed by atoms with van der Waals surface area (Å²) in [6, 6.07) is 5.57. The lowest BCUT2D eigenvalue weighted by Gasteiger charge is -2.28. The molecule has 1 aliphatic rings. The smallest absolute Gasteiger partial charge is 0.161 e. The van der Waals surface area contributed by atoms with Crippen LogP contribution in [0.4, 0.5) is 0 Å². The van der Waals surface area contributed by atoms with Crippen LogP contribution in [0, 0.1) is 5.92 Å². The molecule has 1 aliphatic carbocycles. The van der Waals surface area contributed by atoms with Crippen molar-refractivity contribution in [3.63, 3.8) is 0 Å². The van der Waals surface area contributed by atoms with Crippen molar-refractivity contribution in [1.29, 1.82) is 0 Å². The molecule has 18 heavy (non-hydrogen) atoms. The van der Waals surface area contributed by atoms with Crippen LogP contribution in [0.3, 0.4) is 0 Å². The van der Waals surface area contributed by atoms with Crippen LogP contribution >= 0.6 is 0 Å². The predicted octanol–water partition coefficient (Wildman–Crippen LogP) is 3.16. The Kier molecular flexibility index (Phi) is 4.48. The Morgan fingerprint density at radius 2 is 1.94 bits per heavy atom. The van der Waals surface area contributed by atoms with Gasteiger partial charge < -0.3 is 15.5 Å². The SMILES string of the molecule is C[C@H](NCc1cccc(O)c1O)C1CCCCC1. The van der Waals surface area contributed by atoms with Crippen LogP contribution in [-0.2, 0) is 6.54 Å². The van der Waals surface area contributed by atoms with Gasteiger partial charge in [-0.1, -0.05) is 31.4 Å². The first-order valence-electron chi connectivity index (χ1n) is 6.91. The maximum absolute atomic E-state index is 9.73. The number of aromatic hydroxyl groups is 2. The molecule has 1 aromatic rings. The highest BCUT2D eigenvalue weighted by atomic mass is 16.3. The van der Waals surface area contributed by atoms with E-state index >= 15 is 0 Å². The van der Waals surface area contributed by atoms with E-state index in [0.717, 1.165) is 11.5 Å². The summed E-state index contributed by atoms with van der Waals surface area (Å²) >= 11 is 0. The second-order valence-corrected chi connectivity index (χ2v) is 5.35. The molecule has 3 heteroatoms. The zero-order chi connectivity index (χ0) is 13.0. The van der Waals surface area contributed by atoms with Gasteiger partial charge in [-0.2, -0.15) is 0 Å². The van der Waals surface area contributed by atoms with Gasteiger partial charge in [0.15, 0.2) is 11.5 Å². The van der Waals surface area contributed by atoms with Gasteiger partial charge in [0, 0.05) is 18.2 Å². The Morgan fingerprint density at radius 3 is 2.67 bits per heavy atom. The van der Waals surface area contributed by atoms with Gasteiger partial charge in [-0.05, 0) is 31.7 Å². The van der Waals surface area contributed by atoms with E-state index in [4.69, 9.17) is 0 Å². The summed E-state index contributed by atoms with van der Waals surface area (Å²) in [5, 5.41) is 22.6. The van der Waals surface area contributed by atoms with Gasteiger partial charge in [-0.3, -0.25) is 0 Å². The van der Waals surface area contributed by atoms with Gasteiger partial charge in [0.05, 0.1) is 0 Å². The molecule has 1 saturated carbocycles. The van der Waals surface area contributed by atoms with Gasteiger partial charge >= 0.3 is 0 Å². The fourth-order valence-corrected chi connectivity index (χ4v) is 2.79. The van der Waals surface area contributed by atoms with Crippen molar-refractivity contribution in [2.75, 3.05) is 0 Å². The van der Waals surface area contributed by atoms with Crippen LogP contribution in [0.5, 0.6) is 11.5 Å². The largest absolute Gasteiger partial charge is 0.504 e. The number of benzene rings is 1. The van der Waals surface area contributed by atoms with Crippen LogP contribution in [0.15, 0.2) is 18.2 Å². The summed E-state index contributed by atoms with van der Waals surface area (Å²) in [7, 11) is 0. The Bertz CT molecular complexity index is 386. The summed E-state index contributed by atoms with van der Waals surface area (Å²) in [6.45, 7) is 2.83. The fraction of sp³-hybridized carbons (Fsp3) is 0.600. The van der Waals surface area contributed by atoms with E-state index in [0.29, 0.717) is 12.6 Å². The highest BCUT2D eigenvalue weighted by Gasteiger charge is 2.19. The Balaban J connectivity index is 1.88. The third-order valence-corrected chi connectivity index (χ3v) is 4.07. The first-order valence-corrected chi connectivity index (χ1v) is 6.91. The Hall–Kier alpha value is -1.22. The first-order chi connectivity index (χ1) is 8.68. The average Bonchev–Trinajstić information content (AvgIpc) is 2.41. The molecule has 0 unspecified atom stereocenters. The molecule has 3 N–H and O–H groups in total. The van der Waals surface area contributed by atoms with Crippen LogP contribution < -0.4 is 5.32 Å². The van der Waals surface area contributed by atoms with E-state index < -0.39 is 0 Å². The monoisotopic (exact) mass is 249 g/mol. The number of rotatable bonds is 4. The summed E-state index contributed by atoms with van der Waals surface area (Å²) < 4.78 is 0. The highest BCUT2D eigenvalue weighted by molar-refractivity contribution is 5.44. The first kappa shape index (κ1) is 13.2. The summed E-state index contributed by atoms with van der Waals surface area (Å²) in [6.07, 6.45) is 6.67. The zero-order valence-electron chi connectivity index (χ0n) is 11.0. The van der Waals surface area contributed by atoms with Crippen molar-refractivity contribution in [3.05, 3.63) is 23.8 Å². The molecule has 0 aromatic heterocycles. The van der Waals surface area contributed by atoms with Crippen LogP contribution in [-0.4, -0.2) is 16.3 Å². The van der Waals surface area contributed by atoms with Crippen LogP contribution in [0.25, 0.3) is 0 Å². The molecule has 0 radical (unpaired) electrons. The van der Waals surface area contributed by atoms with E-state index in [1.165, 1.54) is 38.2 Å². The number of para-hydroxylation sites is 1. The summed E-state index contributed by atoms with van der Waals surface area (Å²) in [5.41, 5.74) is 0.762. The number of phenolic OH excluding ortho intramolecular Hbond substituents is 2. The van der Waals surface area contributed by atoms with Crippen LogP contribution in [0.2, 0.25) is 0 Å². The van der Waals surface area contributed by atoms with E-state index in [9.17, 15) is 10.2 Å². The van der Waals surface area contributed by atoms with Crippen molar-refractivity contribution in [2.45, 2.75) is 51.6 Å². The maximum atomic E-state index is 9.73. The lowest BCUT2D eigenvalue weighted by Crippen LogP contribution is -2.34. The zero-order valence-corrected chi connectivity index (χ0v) is 11.0. The number of phenols is 2. The quantitative estimate of drug-likeness (QED) is 0.718. The van der Waals surface area contributed by atoms with E-state index in [2.05, 4.69) is 12.2 Å². The number of hydrogen-bond acceptors (Lipinski definition) is 3. The van der Waals surface area contributed by atoms with Crippen molar-refractivity contribution < 1.29 is 10.2 Å². The average molecular weight is 249 g/mol. The van der Waals surface area contributed by atoms with Gasteiger partial charge in [0.25, 0.3) is 0 Å². The minimum Gasteiger partial charge on any atom is -0.504 e. The third kappa shape index (κ3) is 3.16. The van der Waals surface area contributed by atoms with Gasteiger partial charge in [0.2, 0.25) is 0 Å². The molecule has 100 valence electrons. The van der Waals surface area contributed by atoms with E-state index in [1.807, 2.05) is 6.07 Å². The van der Waals surface area contributed by atoms with Crippen molar-refractivity contribution >= 4 is 0 Å². The van der Waals surface area contributed by atoms with E-state index in [1.54, 1.807) is 6.07 Å². The second kappa shape index (κ2) is 6.10. The lowest BCUT2D eigenvalue weighted by atomic mass is 9.84. The molecule has 0 bridgehead atoms. The Labute approximate surface area is 109 Å². The van der Waals surface area contributed by atoms with Gasteiger partial charge in [-0.25, -0.2) is 0 Å². The molecule has 0 spiro atoms. The standard InChI is InChI=1S/C15H23NO2/c1-11(12-6-3-2-4-7-12)16-10-13-8-5-9-14(17)15(13)18/h5,8-9,11-12,16-18H,2-4,6-7,10H2,1H3/t11-/m0/s1. The molecule has 1 atom stereocenters. The molecule has 0 saturated heterocycles. The third-order valence-electron chi connectivity index (χ3n) is 4.07. The topological polar surface area (TPSA) is 52.5 Å². The Morgan fingerprint density at radius 1 is 1.22 bits per heavy atom. The molecular weight excluding hydrogens is 226 g/mol. The van der Waals surface area contributed by atoms with Crippen molar-refractivity contribution in [2.24, 2.45) is 5.92 Å². The molecule has 2 rings (SSSR count). The molecule has 1 fully saturated rings. The van der Waals surface area contributed by atoms with E-state index in [-0.39, 0.29) is 11.5 Å². The lowest BCUT2D eigenvalue weighted by molar-refractivity contribution is 0.279. The summed E-state index contributed by atoms with van der Waals surface area (Å²) in [4.78, 5) is 0. The van der Waals surface area contributed by atoms with Gasteiger partial charge in [-0.15, -0.1) is 0 Å². The summed E-state index contributed by atoms with van der Waals surface area (Å²) in [5.74, 6) is 0.707. The molecule has 0 heterocycles.